The lowest BCUT2D eigenvalue weighted by molar-refractivity contribution is 0.554. The van der Waals surface area contributed by atoms with Gasteiger partial charge in [0.05, 0.1) is 0 Å². The monoisotopic (exact) mass is 263 g/mol. The zero-order valence-corrected chi connectivity index (χ0v) is 10.9. The second-order valence-corrected chi connectivity index (χ2v) is 4.57. The van der Waals surface area contributed by atoms with Crippen LogP contribution in [0.5, 0.6) is 0 Å². The van der Waals surface area contributed by atoms with E-state index in [0.29, 0.717) is 17.0 Å². The summed E-state index contributed by atoms with van der Waals surface area (Å²) < 4.78 is 13.6. The Hall–Kier alpha value is -1.38. The molecule has 0 spiro atoms. The smallest absolute Gasteiger partial charge is 0.126 e. The fourth-order valence-electron chi connectivity index (χ4n) is 2.01. The summed E-state index contributed by atoms with van der Waals surface area (Å²) in [6.07, 6.45) is 0.576. The Kier molecular flexibility index (Phi) is 4.34. The molecule has 2 aromatic rings. The molecule has 2 aromatic carbocycles. The second-order valence-electron chi connectivity index (χ2n) is 4.16. The van der Waals surface area contributed by atoms with Crippen LogP contribution in [-0.4, -0.2) is 7.05 Å². The molecule has 0 aliphatic carbocycles. The molecule has 2 rings (SSSR count). The minimum Gasteiger partial charge on any atom is -0.313 e. The summed E-state index contributed by atoms with van der Waals surface area (Å²) in [4.78, 5) is 0. The molecule has 0 aliphatic heterocycles. The van der Waals surface area contributed by atoms with Gasteiger partial charge in [0, 0.05) is 11.1 Å². The van der Waals surface area contributed by atoms with Crippen LogP contribution in [0.1, 0.15) is 17.2 Å². The van der Waals surface area contributed by atoms with E-state index in [1.807, 2.05) is 37.4 Å². The third-order valence-electron chi connectivity index (χ3n) is 3.01. The third kappa shape index (κ3) is 2.89. The van der Waals surface area contributed by atoms with Gasteiger partial charge in [0.15, 0.2) is 0 Å². The van der Waals surface area contributed by atoms with Gasteiger partial charge in [0.1, 0.15) is 5.82 Å². The molecule has 1 atom stereocenters. The summed E-state index contributed by atoms with van der Waals surface area (Å²) in [6.45, 7) is 0. The summed E-state index contributed by atoms with van der Waals surface area (Å²) >= 11 is 6.17. The predicted octanol–water partition coefficient (Wildman–Crippen LogP) is 3.98. The molecule has 18 heavy (non-hydrogen) atoms. The van der Waals surface area contributed by atoms with Gasteiger partial charge in [0.25, 0.3) is 0 Å². The first kappa shape index (κ1) is 13.1. The van der Waals surface area contributed by atoms with Gasteiger partial charge in [-0.3, -0.25) is 0 Å². The van der Waals surface area contributed by atoms with E-state index in [-0.39, 0.29) is 11.9 Å². The van der Waals surface area contributed by atoms with Crippen LogP contribution in [0.4, 0.5) is 4.39 Å². The summed E-state index contributed by atoms with van der Waals surface area (Å²) in [6, 6.07) is 14.5. The topological polar surface area (TPSA) is 12.0 Å². The average Bonchev–Trinajstić information content (AvgIpc) is 2.39. The molecule has 0 heterocycles. The Morgan fingerprint density at radius 2 is 1.78 bits per heavy atom. The first-order valence-corrected chi connectivity index (χ1v) is 6.25. The maximum Gasteiger partial charge on any atom is 0.126 e. The van der Waals surface area contributed by atoms with Crippen LogP contribution in [-0.2, 0) is 6.42 Å². The van der Waals surface area contributed by atoms with Gasteiger partial charge < -0.3 is 5.32 Å². The largest absolute Gasteiger partial charge is 0.313 e. The van der Waals surface area contributed by atoms with Gasteiger partial charge in [-0.05, 0) is 36.7 Å². The molecule has 0 fully saturated rings. The standard InChI is InChI=1S/C15H15ClFN/c1-18-15(12-7-3-4-8-13(12)16)10-11-6-2-5-9-14(11)17/h2-9,15,18H,10H2,1H3. The van der Waals surface area contributed by atoms with Gasteiger partial charge in [0.2, 0.25) is 0 Å². The van der Waals surface area contributed by atoms with Crippen molar-refractivity contribution in [3.63, 3.8) is 0 Å². The fourth-order valence-corrected chi connectivity index (χ4v) is 2.28. The highest BCUT2D eigenvalue weighted by Crippen LogP contribution is 2.25. The van der Waals surface area contributed by atoms with E-state index in [1.54, 1.807) is 12.1 Å². The van der Waals surface area contributed by atoms with E-state index < -0.39 is 0 Å². The molecular formula is C15H15ClFN. The van der Waals surface area contributed by atoms with Gasteiger partial charge in [-0.2, -0.15) is 0 Å². The molecule has 94 valence electrons. The van der Waals surface area contributed by atoms with Crippen molar-refractivity contribution in [1.82, 2.24) is 5.32 Å². The van der Waals surface area contributed by atoms with Crippen LogP contribution in [0.3, 0.4) is 0 Å². The average molecular weight is 264 g/mol. The van der Waals surface area contributed by atoms with Crippen LogP contribution < -0.4 is 5.32 Å². The maximum atomic E-state index is 13.6. The van der Waals surface area contributed by atoms with Crippen LogP contribution in [0.15, 0.2) is 48.5 Å². The highest BCUT2D eigenvalue weighted by atomic mass is 35.5. The quantitative estimate of drug-likeness (QED) is 0.880. The summed E-state index contributed by atoms with van der Waals surface area (Å²) in [5.41, 5.74) is 1.68. The summed E-state index contributed by atoms with van der Waals surface area (Å²) in [7, 11) is 1.86. The molecule has 1 N–H and O–H groups in total. The summed E-state index contributed by atoms with van der Waals surface area (Å²) in [5.74, 6) is -0.176. The minimum absolute atomic E-state index is 0.00981. The van der Waals surface area contributed by atoms with Gasteiger partial charge in [-0.15, -0.1) is 0 Å². The van der Waals surface area contributed by atoms with Crippen molar-refractivity contribution in [2.24, 2.45) is 0 Å². The molecule has 0 radical (unpaired) electrons. The number of rotatable bonds is 4. The van der Waals surface area contributed by atoms with Crippen molar-refractivity contribution in [3.05, 3.63) is 70.5 Å². The SMILES string of the molecule is CNC(Cc1ccccc1F)c1ccccc1Cl. The lowest BCUT2D eigenvalue weighted by Crippen LogP contribution is -2.19. The maximum absolute atomic E-state index is 13.6. The van der Waals surface area contributed by atoms with Crippen molar-refractivity contribution in [2.45, 2.75) is 12.5 Å². The lowest BCUT2D eigenvalue weighted by atomic mass is 9.98. The Bertz CT molecular complexity index is 527. The second kappa shape index (κ2) is 5.98. The predicted molar refractivity (Wildman–Crippen MR) is 73.4 cm³/mol. The third-order valence-corrected chi connectivity index (χ3v) is 3.36. The van der Waals surface area contributed by atoms with Gasteiger partial charge in [-0.1, -0.05) is 48.0 Å². The molecule has 0 bridgehead atoms. The van der Waals surface area contributed by atoms with E-state index in [4.69, 9.17) is 11.6 Å². The molecule has 0 saturated heterocycles. The number of likely N-dealkylation sites (N-methyl/N-ethyl adjacent to an activating group) is 1. The lowest BCUT2D eigenvalue weighted by Gasteiger charge is -2.18. The first-order chi connectivity index (χ1) is 8.72. The van der Waals surface area contributed by atoms with Gasteiger partial charge in [-0.25, -0.2) is 4.39 Å². The summed E-state index contributed by atoms with van der Waals surface area (Å²) in [5, 5.41) is 3.89. The van der Waals surface area contributed by atoms with E-state index in [9.17, 15) is 4.39 Å². The van der Waals surface area contributed by atoms with Crippen molar-refractivity contribution in [1.29, 1.82) is 0 Å². The van der Waals surface area contributed by atoms with Gasteiger partial charge >= 0.3 is 0 Å². The number of nitrogens with one attached hydrogen (secondary N) is 1. The molecule has 3 heteroatoms. The first-order valence-electron chi connectivity index (χ1n) is 5.87. The highest BCUT2D eigenvalue weighted by molar-refractivity contribution is 6.31. The van der Waals surface area contributed by atoms with E-state index >= 15 is 0 Å². The zero-order valence-electron chi connectivity index (χ0n) is 10.2. The van der Waals surface area contributed by atoms with E-state index in [0.717, 1.165) is 5.56 Å². The number of benzene rings is 2. The number of hydrogen-bond donors (Lipinski definition) is 1. The number of halogens is 2. The molecular weight excluding hydrogens is 249 g/mol. The highest BCUT2D eigenvalue weighted by Gasteiger charge is 2.14. The molecule has 0 aliphatic rings. The zero-order chi connectivity index (χ0) is 13.0. The van der Waals surface area contributed by atoms with Crippen LogP contribution >= 0.6 is 11.6 Å². The number of hydrogen-bond acceptors (Lipinski definition) is 1. The van der Waals surface area contributed by atoms with Crippen molar-refractivity contribution in [2.75, 3.05) is 7.05 Å². The van der Waals surface area contributed by atoms with Crippen LogP contribution in [0, 0.1) is 5.82 Å². The Morgan fingerprint density at radius 1 is 1.11 bits per heavy atom. The Labute approximate surface area is 112 Å². The minimum atomic E-state index is -0.176. The Morgan fingerprint density at radius 3 is 2.44 bits per heavy atom. The normalized spacial score (nSPS) is 12.4. The molecule has 0 amide bonds. The van der Waals surface area contributed by atoms with Crippen molar-refractivity contribution >= 4 is 11.6 Å². The van der Waals surface area contributed by atoms with Crippen LogP contribution in [0.2, 0.25) is 5.02 Å². The molecule has 1 unspecified atom stereocenters. The van der Waals surface area contributed by atoms with E-state index in [2.05, 4.69) is 5.32 Å². The van der Waals surface area contributed by atoms with Crippen LogP contribution in [0.25, 0.3) is 0 Å². The fraction of sp³-hybridized carbons (Fsp3) is 0.200. The molecule has 1 nitrogen and oxygen atoms in total. The van der Waals surface area contributed by atoms with Crippen molar-refractivity contribution in [3.8, 4) is 0 Å². The van der Waals surface area contributed by atoms with E-state index in [1.165, 1.54) is 6.07 Å². The van der Waals surface area contributed by atoms with Crippen molar-refractivity contribution < 1.29 is 4.39 Å². The molecule has 0 saturated carbocycles. The Balaban J connectivity index is 2.26. The molecule has 0 aromatic heterocycles.